The van der Waals surface area contributed by atoms with Crippen LogP contribution in [0, 0.1) is 18.3 Å². The Bertz CT molecular complexity index is 604. The molecule has 0 spiro atoms. The summed E-state index contributed by atoms with van der Waals surface area (Å²) in [5, 5.41) is 9.82. The Kier molecular flexibility index (Phi) is 6.97. The lowest BCUT2D eigenvalue weighted by atomic mass is 9.75. The molecule has 0 unspecified atom stereocenters. The monoisotopic (exact) mass is 331 g/mol. The summed E-state index contributed by atoms with van der Waals surface area (Å²) in [6.07, 6.45) is -0.959. The molecule has 0 aliphatic carbocycles. The topological polar surface area (TPSA) is 76.4 Å². The second-order valence-electron chi connectivity index (χ2n) is 6.49. The molecule has 1 aromatic carbocycles. The Morgan fingerprint density at radius 3 is 1.96 bits per heavy atom. The van der Waals surface area contributed by atoms with E-state index in [1.807, 2.05) is 19.1 Å². The van der Waals surface area contributed by atoms with Crippen LogP contribution in [0.4, 0.5) is 0 Å². The summed E-state index contributed by atoms with van der Waals surface area (Å²) in [4.78, 5) is 24.3. The van der Waals surface area contributed by atoms with Crippen molar-refractivity contribution in [2.24, 2.45) is 0 Å². The Morgan fingerprint density at radius 1 is 1.08 bits per heavy atom. The fourth-order valence-electron chi connectivity index (χ4n) is 2.45. The summed E-state index contributed by atoms with van der Waals surface area (Å²) in [6.45, 7) is 8.86. The van der Waals surface area contributed by atoms with E-state index in [9.17, 15) is 14.9 Å². The second-order valence-corrected chi connectivity index (χ2v) is 6.49. The van der Waals surface area contributed by atoms with Gasteiger partial charge in [-0.2, -0.15) is 5.26 Å². The summed E-state index contributed by atoms with van der Waals surface area (Å²) in [7, 11) is 0. The van der Waals surface area contributed by atoms with Crippen molar-refractivity contribution in [3.8, 4) is 6.07 Å². The number of aryl methyl sites for hydroxylation is 1. The maximum absolute atomic E-state index is 12.2. The summed E-state index contributed by atoms with van der Waals surface area (Å²) in [6, 6.07) is 9.43. The highest BCUT2D eigenvalue weighted by atomic mass is 16.5. The molecular weight excluding hydrogens is 306 g/mol. The second kappa shape index (κ2) is 8.49. The molecule has 0 fully saturated rings. The van der Waals surface area contributed by atoms with E-state index in [1.54, 1.807) is 39.8 Å². The van der Waals surface area contributed by atoms with Gasteiger partial charge in [0, 0.05) is 0 Å². The van der Waals surface area contributed by atoms with Crippen molar-refractivity contribution in [2.75, 3.05) is 0 Å². The van der Waals surface area contributed by atoms with Crippen molar-refractivity contribution in [2.45, 2.75) is 65.1 Å². The van der Waals surface area contributed by atoms with E-state index in [2.05, 4.69) is 6.07 Å². The average Bonchev–Trinajstić information content (AvgIpc) is 2.44. The molecule has 0 saturated heterocycles. The first-order valence-electron chi connectivity index (χ1n) is 8.06. The van der Waals surface area contributed by atoms with Gasteiger partial charge in [0.25, 0.3) is 0 Å². The number of carbonyl (C=O) groups is 2. The van der Waals surface area contributed by atoms with Gasteiger partial charge in [-0.05, 0) is 40.2 Å². The zero-order valence-corrected chi connectivity index (χ0v) is 15.0. The van der Waals surface area contributed by atoms with Crippen molar-refractivity contribution in [1.29, 1.82) is 5.26 Å². The molecule has 0 saturated carbocycles. The highest BCUT2D eigenvalue weighted by molar-refractivity contribution is 5.78. The molecule has 0 aliphatic rings. The van der Waals surface area contributed by atoms with Crippen molar-refractivity contribution in [1.82, 2.24) is 0 Å². The van der Waals surface area contributed by atoms with Crippen LogP contribution < -0.4 is 0 Å². The van der Waals surface area contributed by atoms with Crippen LogP contribution in [0.1, 0.15) is 51.7 Å². The number of esters is 2. The van der Waals surface area contributed by atoms with Crippen molar-refractivity contribution in [3.63, 3.8) is 0 Å². The lowest BCUT2D eigenvalue weighted by Gasteiger charge is -2.26. The zero-order chi connectivity index (χ0) is 18.3. The number of ether oxygens (including phenoxy) is 2. The Morgan fingerprint density at radius 2 is 1.58 bits per heavy atom. The minimum absolute atomic E-state index is 0.196. The molecule has 0 heterocycles. The quantitative estimate of drug-likeness (QED) is 0.715. The highest BCUT2D eigenvalue weighted by Gasteiger charge is 2.39. The van der Waals surface area contributed by atoms with E-state index in [4.69, 9.17) is 9.47 Å². The number of nitrogens with zero attached hydrogens (tertiary/aromatic N) is 1. The van der Waals surface area contributed by atoms with Gasteiger partial charge in [-0.15, -0.1) is 0 Å². The number of carbonyl (C=O) groups excluding carboxylic acids is 2. The molecule has 0 N–H and O–H groups in total. The number of benzene rings is 1. The van der Waals surface area contributed by atoms with E-state index in [1.165, 1.54) is 0 Å². The molecule has 0 radical (unpaired) electrons. The summed E-state index contributed by atoms with van der Waals surface area (Å²) >= 11 is 0. The molecule has 1 aromatic rings. The third-order valence-electron chi connectivity index (χ3n) is 3.41. The third-order valence-corrected chi connectivity index (χ3v) is 3.41. The molecule has 0 bridgehead atoms. The van der Waals surface area contributed by atoms with Crippen molar-refractivity contribution in [3.05, 3.63) is 35.4 Å². The minimum atomic E-state index is -1.30. The Labute approximate surface area is 143 Å². The fourth-order valence-corrected chi connectivity index (χ4v) is 2.45. The van der Waals surface area contributed by atoms with Gasteiger partial charge in [0.1, 0.15) is 5.41 Å². The molecule has 5 heteroatoms. The molecule has 0 aromatic heterocycles. The maximum Gasteiger partial charge on any atom is 0.308 e. The van der Waals surface area contributed by atoms with Crippen LogP contribution in [0.15, 0.2) is 24.3 Å². The van der Waals surface area contributed by atoms with Crippen LogP contribution >= 0.6 is 0 Å². The largest absolute Gasteiger partial charge is 0.463 e. The van der Waals surface area contributed by atoms with Crippen LogP contribution in [-0.4, -0.2) is 24.1 Å². The number of hydrogen-bond donors (Lipinski definition) is 0. The van der Waals surface area contributed by atoms with Crippen LogP contribution in [0.5, 0.6) is 0 Å². The number of nitriles is 1. The van der Waals surface area contributed by atoms with E-state index < -0.39 is 17.4 Å². The van der Waals surface area contributed by atoms with E-state index in [0.29, 0.717) is 5.56 Å². The standard InChI is InChI=1S/C19H25NO4/c1-13(2)23-17(21)10-19(12-20,11-18(22)24-14(3)4)16-8-6-7-15(5)9-16/h6-9,13-14H,10-11H2,1-5H3. The fraction of sp³-hybridized carbons (Fsp3) is 0.526. The first-order chi connectivity index (χ1) is 11.2. The number of rotatable bonds is 7. The average molecular weight is 331 g/mol. The van der Waals surface area contributed by atoms with Gasteiger partial charge >= 0.3 is 11.9 Å². The smallest absolute Gasteiger partial charge is 0.308 e. The molecule has 24 heavy (non-hydrogen) atoms. The predicted octanol–water partition coefficient (Wildman–Crippen LogP) is 3.44. The Balaban J connectivity index is 3.19. The number of hydrogen-bond acceptors (Lipinski definition) is 5. The summed E-state index contributed by atoms with van der Waals surface area (Å²) < 4.78 is 10.4. The first kappa shape index (κ1) is 19.7. The van der Waals surface area contributed by atoms with Gasteiger partial charge in [-0.3, -0.25) is 9.59 Å². The van der Waals surface area contributed by atoms with Gasteiger partial charge in [-0.1, -0.05) is 29.8 Å². The van der Waals surface area contributed by atoms with E-state index in [-0.39, 0.29) is 25.0 Å². The van der Waals surface area contributed by atoms with Crippen molar-refractivity contribution < 1.29 is 19.1 Å². The summed E-state index contributed by atoms with van der Waals surface area (Å²) in [5.41, 5.74) is 0.261. The van der Waals surface area contributed by atoms with E-state index >= 15 is 0 Å². The third kappa shape index (κ3) is 5.69. The SMILES string of the molecule is Cc1cccc(C(C#N)(CC(=O)OC(C)C)CC(=O)OC(C)C)c1. The highest BCUT2D eigenvalue weighted by Crippen LogP contribution is 2.33. The van der Waals surface area contributed by atoms with Gasteiger partial charge < -0.3 is 9.47 Å². The van der Waals surface area contributed by atoms with Gasteiger partial charge in [0.2, 0.25) is 0 Å². The molecule has 0 amide bonds. The van der Waals surface area contributed by atoms with Gasteiger partial charge in [0.05, 0.1) is 31.1 Å². The van der Waals surface area contributed by atoms with Gasteiger partial charge in [0.15, 0.2) is 0 Å². The molecular formula is C19H25NO4. The van der Waals surface area contributed by atoms with Crippen LogP contribution in [0.25, 0.3) is 0 Å². The minimum Gasteiger partial charge on any atom is -0.463 e. The van der Waals surface area contributed by atoms with Crippen LogP contribution in [0.2, 0.25) is 0 Å². The maximum atomic E-state index is 12.2. The lowest BCUT2D eigenvalue weighted by Crippen LogP contribution is -2.33. The van der Waals surface area contributed by atoms with E-state index in [0.717, 1.165) is 5.56 Å². The molecule has 1 rings (SSSR count). The predicted molar refractivity (Wildman–Crippen MR) is 90.2 cm³/mol. The molecule has 130 valence electrons. The normalized spacial score (nSPS) is 11.2. The lowest BCUT2D eigenvalue weighted by molar-refractivity contribution is -0.151. The molecule has 0 atom stereocenters. The molecule has 5 nitrogen and oxygen atoms in total. The zero-order valence-electron chi connectivity index (χ0n) is 15.0. The first-order valence-corrected chi connectivity index (χ1v) is 8.06. The van der Waals surface area contributed by atoms with Crippen LogP contribution in [0.3, 0.4) is 0 Å². The summed E-state index contributed by atoms with van der Waals surface area (Å²) in [5.74, 6) is -1.02. The van der Waals surface area contributed by atoms with Gasteiger partial charge in [-0.25, -0.2) is 0 Å². The molecule has 0 aliphatic heterocycles. The Hall–Kier alpha value is -2.35. The van der Waals surface area contributed by atoms with Crippen molar-refractivity contribution >= 4 is 11.9 Å². The van der Waals surface area contributed by atoms with Crippen LogP contribution in [-0.2, 0) is 24.5 Å².